The average Bonchev–Trinajstić information content (AvgIpc) is 2.90. The first-order valence-electron chi connectivity index (χ1n) is 8.08. The molecule has 0 amide bonds. The number of fused-ring (bicyclic) bond motifs is 1. The molecule has 0 atom stereocenters. The van der Waals surface area contributed by atoms with Gasteiger partial charge in [-0.25, -0.2) is 4.79 Å². The number of benzene rings is 1. The number of rotatable bonds is 2. The summed E-state index contributed by atoms with van der Waals surface area (Å²) in [6.45, 7) is 7.16. The van der Waals surface area contributed by atoms with E-state index in [4.69, 9.17) is 16.4 Å². The maximum atomic E-state index is 12.0. The second-order valence-electron chi connectivity index (χ2n) is 7.27. The Morgan fingerprint density at radius 2 is 2.00 bits per heavy atom. The van der Waals surface area contributed by atoms with E-state index in [1.54, 1.807) is 5.06 Å². The van der Waals surface area contributed by atoms with Crippen LogP contribution in [0.5, 0.6) is 0 Å². The number of nitrogens with one attached hydrogen (secondary N) is 1. The molecule has 124 valence electrons. The Morgan fingerprint density at radius 1 is 1.30 bits per heavy atom. The Hall–Kier alpha value is -1.52. The molecule has 0 spiro atoms. The van der Waals surface area contributed by atoms with Gasteiger partial charge in [-0.05, 0) is 57.2 Å². The van der Waals surface area contributed by atoms with Crippen molar-refractivity contribution in [3.63, 3.8) is 0 Å². The van der Waals surface area contributed by atoms with Gasteiger partial charge in [-0.15, -0.1) is 5.06 Å². The zero-order valence-corrected chi connectivity index (χ0v) is 14.6. The summed E-state index contributed by atoms with van der Waals surface area (Å²) in [6, 6.07) is 5.97. The van der Waals surface area contributed by atoms with Crippen LogP contribution in [0, 0.1) is 5.41 Å². The van der Waals surface area contributed by atoms with E-state index in [0.717, 1.165) is 36.5 Å². The molecule has 2 aromatic rings. The second kappa shape index (κ2) is 6.17. The molecule has 1 aromatic heterocycles. The van der Waals surface area contributed by atoms with E-state index in [9.17, 15) is 4.79 Å². The molecule has 3 rings (SSSR count). The number of halogens is 1. The van der Waals surface area contributed by atoms with Crippen LogP contribution < -0.4 is 0 Å². The fraction of sp³-hybridized carbons (Fsp3) is 0.500. The highest BCUT2D eigenvalue weighted by molar-refractivity contribution is 6.31. The summed E-state index contributed by atoms with van der Waals surface area (Å²) >= 11 is 6.04. The van der Waals surface area contributed by atoms with Crippen LogP contribution in [0.3, 0.4) is 0 Å². The average molecular weight is 335 g/mol. The summed E-state index contributed by atoms with van der Waals surface area (Å²) in [6.07, 6.45) is 4.04. The fourth-order valence-electron chi connectivity index (χ4n) is 2.97. The maximum Gasteiger partial charge on any atom is 0.330 e. The molecule has 1 saturated heterocycles. The number of carbonyl (C=O) groups excluding carboxylic acids is 1. The van der Waals surface area contributed by atoms with Gasteiger partial charge in [-0.3, -0.25) is 0 Å². The lowest BCUT2D eigenvalue weighted by Crippen LogP contribution is -2.38. The Balaban J connectivity index is 1.65. The van der Waals surface area contributed by atoms with E-state index >= 15 is 0 Å². The lowest BCUT2D eigenvalue weighted by molar-refractivity contribution is -0.204. The van der Waals surface area contributed by atoms with E-state index in [-0.39, 0.29) is 5.97 Å². The van der Waals surface area contributed by atoms with Crippen LogP contribution in [0.2, 0.25) is 5.02 Å². The summed E-state index contributed by atoms with van der Waals surface area (Å²) in [4.78, 5) is 20.8. The van der Waals surface area contributed by atoms with Crippen molar-refractivity contribution >= 4 is 28.5 Å². The highest BCUT2D eigenvalue weighted by Gasteiger charge is 2.29. The summed E-state index contributed by atoms with van der Waals surface area (Å²) < 4.78 is 0. The third kappa shape index (κ3) is 3.54. The van der Waals surface area contributed by atoms with E-state index < -0.39 is 5.41 Å². The van der Waals surface area contributed by atoms with Crippen LogP contribution in [0.25, 0.3) is 10.9 Å². The minimum atomic E-state index is -0.465. The molecule has 2 heterocycles. The normalized spacial score (nSPS) is 17.6. The van der Waals surface area contributed by atoms with E-state index in [0.29, 0.717) is 5.92 Å². The number of aromatic amines is 1. The molecule has 0 bridgehead atoms. The van der Waals surface area contributed by atoms with Crippen LogP contribution in [-0.2, 0) is 9.63 Å². The summed E-state index contributed by atoms with van der Waals surface area (Å²) in [5.74, 6) is 0.312. The number of hydrogen-bond acceptors (Lipinski definition) is 3. The number of H-pyrrole nitrogens is 1. The quantitative estimate of drug-likeness (QED) is 0.879. The predicted molar refractivity (Wildman–Crippen MR) is 92.4 cm³/mol. The molecule has 1 aromatic carbocycles. The molecule has 1 fully saturated rings. The zero-order valence-electron chi connectivity index (χ0n) is 13.9. The first-order valence-corrected chi connectivity index (χ1v) is 8.46. The van der Waals surface area contributed by atoms with Crippen LogP contribution in [0.1, 0.15) is 45.1 Å². The minimum Gasteiger partial charge on any atom is -0.367 e. The molecule has 4 nitrogen and oxygen atoms in total. The molecular weight excluding hydrogens is 312 g/mol. The Bertz CT molecular complexity index is 709. The molecule has 5 heteroatoms. The Labute approximate surface area is 141 Å². The number of hydroxylamine groups is 2. The molecule has 23 heavy (non-hydrogen) atoms. The molecular formula is C18H23ClN2O2. The van der Waals surface area contributed by atoms with Crippen molar-refractivity contribution in [1.82, 2.24) is 10.0 Å². The molecule has 0 aliphatic carbocycles. The van der Waals surface area contributed by atoms with Crippen LogP contribution in [-0.4, -0.2) is 29.1 Å². The molecule has 1 aliphatic heterocycles. The Morgan fingerprint density at radius 3 is 2.65 bits per heavy atom. The molecule has 0 radical (unpaired) electrons. The van der Waals surface area contributed by atoms with Gasteiger partial charge < -0.3 is 9.82 Å². The fourth-order valence-corrected chi connectivity index (χ4v) is 3.14. The topological polar surface area (TPSA) is 45.3 Å². The monoisotopic (exact) mass is 334 g/mol. The molecule has 1 N–H and O–H groups in total. The minimum absolute atomic E-state index is 0.169. The first-order chi connectivity index (χ1) is 10.8. The van der Waals surface area contributed by atoms with Gasteiger partial charge in [0.2, 0.25) is 0 Å². The van der Waals surface area contributed by atoms with Crippen molar-refractivity contribution in [3.8, 4) is 0 Å². The van der Waals surface area contributed by atoms with Crippen molar-refractivity contribution in [1.29, 1.82) is 0 Å². The largest absolute Gasteiger partial charge is 0.367 e. The SMILES string of the molecule is CC(C)(C)C(=O)ON1CCC(c2c[nH]c3cc(Cl)ccc23)CC1. The third-order valence-electron chi connectivity index (χ3n) is 4.39. The highest BCUT2D eigenvalue weighted by Crippen LogP contribution is 2.34. The number of aromatic nitrogens is 1. The van der Waals surface area contributed by atoms with Gasteiger partial charge >= 0.3 is 5.97 Å². The highest BCUT2D eigenvalue weighted by atomic mass is 35.5. The number of piperidine rings is 1. The standard InChI is InChI=1S/C18H23ClN2O2/c1-18(2,3)17(22)23-21-8-6-12(7-9-21)15-11-20-16-10-13(19)4-5-14(15)16/h4-5,10-12,20H,6-9H2,1-3H3. The van der Waals surface area contributed by atoms with Crippen LogP contribution in [0.15, 0.2) is 24.4 Å². The van der Waals surface area contributed by atoms with E-state index in [2.05, 4.69) is 17.2 Å². The van der Waals surface area contributed by atoms with E-state index in [1.165, 1.54) is 10.9 Å². The van der Waals surface area contributed by atoms with Crippen LogP contribution in [0.4, 0.5) is 0 Å². The number of hydrogen-bond donors (Lipinski definition) is 1. The van der Waals surface area contributed by atoms with Crippen molar-refractivity contribution in [2.45, 2.75) is 39.5 Å². The lowest BCUT2D eigenvalue weighted by Gasteiger charge is -2.32. The number of nitrogens with zero attached hydrogens (tertiary/aromatic N) is 1. The zero-order chi connectivity index (χ0) is 16.6. The van der Waals surface area contributed by atoms with Gasteiger partial charge in [-0.2, -0.15) is 0 Å². The molecule has 0 unspecified atom stereocenters. The van der Waals surface area contributed by atoms with Gasteiger partial charge in [0, 0.05) is 35.2 Å². The molecule has 0 saturated carbocycles. The van der Waals surface area contributed by atoms with Gasteiger partial charge in [0.25, 0.3) is 0 Å². The van der Waals surface area contributed by atoms with Crippen LogP contribution >= 0.6 is 11.6 Å². The maximum absolute atomic E-state index is 12.0. The number of carbonyl (C=O) groups is 1. The lowest BCUT2D eigenvalue weighted by atomic mass is 9.90. The summed E-state index contributed by atoms with van der Waals surface area (Å²) in [5, 5.41) is 3.78. The third-order valence-corrected chi connectivity index (χ3v) is 4.63. The van der Waals surface area contributed by atoms with Crippen molar-refractivity contribution in [2.75, 3.05) is 13.1 Å². The Kier molecular flexibility index (Phi) is 4.39. The van der Waals surface area contributed by atoms with Gasteiger partial charge in [0.1, 0.15) is 0 Å². The van der Waals surface area contributed by atoms with Gasteiger partial charge in [-0.1, -0.05) is 17.7 Å². The van der Waals surface area contributed by atoms with Crippen molar-refractivity contribution in [3.05, 3.63) is 35.0 Å². The van der Waals surface area contributed by atoms with Crippen molar-refractivity contribution < 1.29 is 9.63 Å². The predicted octanol–water partition coefficient (Wildman–Crippen LogP) is 4.51. The smallest absolute Gasteiger partial charge is 0.330 e. The molecule has 1 aliphatic rings. The van der Waals surface area contributed by atoms with Crippen molar-refractivity contribution in [2.24, 2.45) is 5.41 Å². The summed E-state index contributed by atoms with van der Waals surface area (Å²) in [7, 11) is 0. The van der Waals surface area contributed by atoms with Gasteiger partial charge in [0.15, 0.2) is 0 Å². The van der Waals surface area contributed by atoms with E-state index in [1.807, 2.05) is 32.9 Å². The second-order valence-corrected chi connectivity index (χ2v) is 7.70. The first kappa shape index (κ1) is 16.3. The summed E-state index contributed by atoms with van der Waals surface area (Å²) in [5.41, 5.74) is 1.94. The van der Waals surface area contributed by atoms with Gasteiger partial charge in [0.05, 0.1) is 5.41 Å².